The second-order valence-electron chi connectivity index (χ2n) is 18.6. The van der Waals surface area contributed by atoms with Crippen LogP contribution in [-0.4, -0.2) is 58.8 Å². The van der Waals surface area contributed by atoms with Crippen molar-refractivity contribution in [2.24, 2.45) is 29.6 Å². The first kappa shape index (κ1) is 45.8. The standard InChI is InChI=1S/C41H79NO5Si2/c1-18-19-23-30(3)36(43)34(7)38(47-49(16,17)41(11,12)13)32(5)27-29(2)26-31(4)37(46-48(14,15)40(8,9)10)33(6)28-45-39(44)42-35-24-21-20-22-25-35/h18-19,23,26,30-38,43H,1,20-22,24-25,27-28H2,2-17H3,(H,42,44)/b23-19-,29-26-/t30-,31-,32-,33-,34+,36-,37-,38+/m0/s1. The summed E-state index contributed by atoms with van der Waals surface area (Å²) in [6.45, 7) is 40.1. The number of aliphatic hydroxyl groups excluding tert-OH is 1. The van der Waals surface area contributed by atoms with Crippen molar-refractivity contribution in [3.8, 4) is 0 Å². The van der Waals surface area contributed by atoms with Gasteiger partial charge in [-0.25, -0.2) is 4.79 Å². The summed E-state index contributed by atoms with van der Waals surface area (Å²) in [6, 6.07) is 0.224. The van der Waals surface area contributed by atoms with Crippen molar-refractivity contribution in [3.63, 3.8) is 0 Å². The fraction of sp³-hybridized carbons (Fsp3) is 0.829. The molecule has 0 radical (unpaired) electrons. The number of hydrogen-bond acceptors (Lipinski definition) is 5. The second-order valence-corrected chi connectivity index (χ2v) is 28.1. The normalized spacial score (nSPS) is 21.0. The lowest BCUT2D eigenvalue weighted by atomic mass is 9.81. The van der Waals surface area contributed by atoms with E-state index >= 15 is 0 Å². The zero-order chi connectivity index (χ0) is 38.0. The molecule has 49 heavy (non-hydrogen) atoms. The number of nitrogens with one attached hydrogen (secondary N) is 1. The Bertz CT molecular complexity index is 1070. The van der Waals surface area contributed by atoms with Crippen molar-refractivity contribution < 1.29 is 23.5 Å². The minimum atomic E-state index is -2.12. The number of carbonyl (C=O) groups excluding carboxylic acids is 1. The molecule has 0 aromatic carbocycles. The molecule has 1 rings (SSSR count). The number of rotatable bonds is 18. The molecule has 1 fully saturated rings. The number of amides is 1. The molecule has 2 N–H and O–H groups in total. The molecule has 1 aliphatic carbocycles. The molecule has 1 amide bonds. The van der Waals surface area contributed by atoms with Crippen LogP contribution < -0.4 is 5.32 Å². The molecule has 8 heteroatoms. The summed E-state index contributed by atoms with van der Waals surface area (Å²) in [6.07, 6.45) is 13.6. The maximum Gasteiger partial charge on any atom is 0.407 e. The first-order valence-corrected chi connectivity index (χ1v) is 25.1. The number of alkyl carbamates (subject to hydrolysis) is 1. The molecule has 0 heterocycles. The number of aliphatic hydroxyl groups is 1. The van der Waals surface area contributed by atoms with Gasteiger partial charge in [-0.1, -0.05) is 132 Å². The Kier molecular flexibility index (Phi) is 18.3. The van der Waals surface area contributed by atoms with E-state index in [1.807, 2.05) is 12.2 Å². The van der Waals surface area contributed by atoms with Crippen LogP contribution in [0.15, 0.2) is 36.5 Å². The van der Waals surface area contributed by atoms with Gasteiger partial charge < -0.3 is 24.0 Å². The van der Waals surface area contributed by atoms with Crippen molar-refractivity contribution >= 4 is 22.7 Å². The predicted octanol–water partition coefficient (Wildman–Crippen LogP) is 11.4. The Labute approximate surface area is 305 Å². The second kappa shape index (κ2) is 19.6. The summed E-state index contributed by atoms with van der Waals surface area (Å²) in [5.74, 6) is 0.280. The summed E-state index contributed by atoms with van der Waals surface area (Å²) in [7, 11) is -4.24. The maximum absolute atomic E-state index is 12.8. The Morgan fingerprint density at radius 3 is 1.86 bits per heavy atom. The predicted molar refractivity (Wildman–Crippen MR) is 215 cm³/mol. The maximum atomic E-state index is 12.8. The summed E-state index contributed by atoms with van der Waals surface area (Å²) in [5.41, 5.74) is 1.29. The molecule has 0 bridgehead atoms. The topological polar surface area (TPSA) is 77.0 Å². The zero-order valence-corrected chi connectivity index (χ0v) is 36.7. The molecule has 0 aliphatic heterocycles. The van der Waals surface area contributed by atoms with Gasteiger partial charge >= 0.3 is 6.09 Å². The van der Waals surface area contributed by atoms with Crippen LogP contribution >= 0.6 is 0 Å². The van der Waals surface area contributed by atoms with Gasteiger partial charge in [0.2, 0.25) is 0 Å². The van der Waals surface area contributed by atoms with Crippen LogP contribution in [0.3, 0.4) is 0 Å². The highest BCUT2D eigenvalue weighted by Gasteiger charge is 2.44. The first-order chi connectivity index (χ1) is 22.3. The van der Waals surface area contributed by atoms with E-state index in [1.165, 1.54) is 24.8 Å². The largest absolute Gasteiger partial charge is 0.449 e. The van der Waals surface area contributed by atoms with Gasteiger partial charge in [0.05, 0.1) is 24.9 Å². The monoisotopic (exact) mass is 722 g/mol. The van der Waals surface area contributed by atoms with E-state index in [1.54, 1.807) is 6.08 Å². The van der Waals surface area contributed by atoms with Crippen LogP contribution in [0.1, 0.15) is 122 Å². The van der Waals surface area contributed by atoms with E-state index in [0.29, 0.717) is 6.61 Å². The minimum Gasteiger partial charge on any atom is -0.449 e. The van der Waals surface area contributed by atoms with E-state index in [2.05, 4.69) is 127 Å². The Morgan fingerprint density at radius 1 is 0.857 bits per heavy atom. The van der Waals surface area contributed by atoms with Gasteiger partial charge in [-0.2, -0.15) is 0 Å². The van der Waals surface area contributed by atoms with Gasteiger partial charge in [0, 0.05) is 23.8 Å². The number of allylic oxidation sites excluding steroid dienone is 3. The van der Waals surface area contributed by atoms with Crippen LogP contribution in [0.25, 0.3) is 0 Å². The Morgan fingerprint density at radius 2 is 1.37 bits per heavy atom. The third kappa shape index (κ3) is 14.8. The van der Waals surface area contributed by atoms with Crippen LogP contribution in [0.5, 0.6) is 0 Å². The molecule has 0 unspecified atom stereocenters. The van der Waals surface area contributed by atoms with E-state index in [0.717, 1.165) is 19.3 Å². The average molecular weight is 722 g/mol. The third-order valence-corrected chi connectivity index (χ3v) is 20.8. The van der Waals surface area contributed by atoms with Crippen LogP contribution in [-0.2, 0) is 13.6 Å². The Hall–Kier alpha value is -1.20. The molecular weight excluding hydrogens is 643 g/mol. The average Bonchev–Trinajstić information content (AvgIpc) is 2.98. The van der Waals surface area contributed by atoms with Crippen LogP contribution in [0, 0.1) is 29.6 Å². The summed E-state index contributed by atoms with van der Waals surface area (Å²) >= 11 is 0. The van der Waals surface area contributed by atoms with Gasteiger partial charge in [0.15, 0.2) is 16.6 Å². The molecule has 0 saturated heterocycles. The van der Waals surface area contributed by atoms with E-state index in [9.17, 15) is 9.90 Å². The smallest absolute Gasteiger partial charge is 0.407 e. The number of ether oxygens (including phenoxy) is 1. The highest BCUT2D eigenvalue weighted by molar-refractivity contribution is 6.74. The molecule has 1 saturated carbocycles. The van der Waals surface area contributed by atoms with E-state index < -0.39 is 22.7 Å². The van der Waals surface area contributed by atoms with Crippen LogP contribution in [0.4, 0.5) is 4.79 Å². The molecule has 0 aromatic rings. The van der Waals surface area contributed by atoms with Crippen molar-refractivity contribution in [3.05, 3.63) is 36.5 Å². The highest BCUT2D eigenvalue weighted by atomic mass is 28.4. The fourth-order valence-corrected chi connectivity index (χ4v) is 9.51. The quantitative estimate of drug-likeness (QED) is 0.0837. The zero-order valence-electron chi connectivity index (χ0n) is 34.7. The molecule has 0 aromatic heterocycles. The van der Waals surface area contributed by atoms with Gasteiger partial charge in [-0.05, 0) is 74.3 Å². The summed E-state index contributed by atoms with van der Waals surface area (Å²) < 4.78 is 20.1. The molecule has 286 valence electrons. The van der Waals surface area contributed by atoms with Crippen molar-refractivity contribution in [2.45, 2.75) is 182 Å². The van der Waals surface area contributed by atoms with Gasteiger partial charge in [-0.3, -0.25) is 0 Å². The lowest BCUT2D eigenvalue weighted by molar-refractivity contribution is -0.0134. The number of carbonyl (C=O) groups is 1. The van der Waals surface area contributed by atoms with Crippen molar-refractivity contribution in [1.82, 2.24) is 5.32 Å². The van der Waals surface area contributed by atoms with Crippen LogP contribution in [0.2, 0.25) is 36.3 Å². The minimum absolute atomic E-state index is 0.0101. The molecule has 0 spiro atoms. The summed E-state index contributed by atoms with van der Waals surface area (Å²) in [4.78, 5) is 12.8. The molecule has 1 aliphatic rings. The van der Waals surface area contributed by atoms with E-state index in [-0.39, 0.29) is 64.0 Å². The molecule has 6 nitrogen and oxygen atoms in total. The first-order valence-electron chi connectivity index (χ1n) is 19.3. The van der Waals surface area contributed by atoms with E-state index in [4.69, 9.17) is 13.6 Å². The van der Waals surface area contributed by atoms with Gasteiger partial charge in [0.25, 0.3) is 0 Å². The SMILES string of the molecule is C=C/C=C\[C@H](C)[C@H](O)[C@@H](C)[C@H](O[Si](C)(C)C(C)(C)C)[C@@H](C)C/C(C)=C\[C@H](C)[C@H](O[Si](C)(C)C(C)(C)C)[C@@H](C)COC(=O)NC1CCCCC1. The van der Waals surface area contributed by atoms with Crippen molar-refractivity contribution in [1.29, 1.82) is 0 Å². The number of hydrogen-bond donors (Lipinski definition) is 2. The lowest BCUT2D eigenvalue weighted by Crippen LogP contribution is -2.49. The molecule has 8 atom stereocenters. The fourth-order valence-electron chi connectivity index (χ4n) is 6.55. The highest BCUT2D eigenvalue weighted by Crippen LogP contribution is 2.42. The molecular formula is C41H79NO5Si2. The van der Waals surface area contributed by atoms with Gasteiger partial charge in [0.1, 0.15) is 0 Å². The summed E-state index contributed by atoms with van der Waals surface area (Å²) in [5, 5.41) is 14.7. The third-order valence-electron chi connectivity index (χ3n) is 11.9. The van der Waals surface area contributed by atoms with Gasteiger partial charge in [-0.15, -0.1) is 0 Å². The Balaban J connectivity index is 3.28. The van der Waals surface area contributed by atoms with Crippen molar-refractivity contribution in [2.75, 3.05) is 6.61 Å². The lowest BCUT2D eigenvalue weighted by Gasteiger charge is -2.44.